The Morgan fingerprint density at radius 2 is 1.94 bits per heavy atom. The van der Waals surface area contributed by atoms with E-state index >= 15 is 0 Å². The lowest BCUT2D eigenvalue weighted by Gasteiger charge is -2.14. The van der Waals surface area contributed by atoms with Gasteiger partial charge < -0.3 is 0 Å². The van der Waals surface area contributed by atoms with Crippen molar-refractivity contribution in [3.8, 4) is 0 Å². The van der Waals surface area contributed by atoms with Crippen molar-refractivity contribution in [2.75, 3.05) is 7.05 Å². The molecule has 0 saturated heterocycles. The highest BCUT2D eigenvalue weighted by Gasteiger charge is 2.06. The molecule has 0 atom stereocenters. The van der Waals surface area contributed by atoms with E-state index in [-0.39, 0.29) is 5.78 Å². The van der Waals surface area contributed by atoms with E-state index in [1.807, 2.05) is 30.3 Å². The topological polar surface area (TPSA) is 32.7 Å². The van der Waals surface area contributed by atoms with Crippen LogP contribution in [0.4, 0.5) is 0 Å². The van der Waals surface area contributed by atoms with Crippen LogP contribution in [0.1, 0.15) is 32.3 Å². The molecule has 0 aliphatic carbocycles. The third kappa shape index (κ3) is 4.81. The highest BCUT2D eigenvalue weighted by molar-refractivity contribution is 6.38. The molecular weight excluding hydrogens is 212 g/mol. The molecular formula is C14H20N2O. The van der Waals surface area contributed by atoms with Gasteiger partial charge in [-0.1, -0.05) is 43.7 Å². The summed E-state index contributed by atoms with van der Waals surface area (Å²) >= 11 is 0. The smallest absolute Gasteiger partial charge is 0.175 e. The normalized spacial score (nSPS) is 11.4. The van der Waals surface area contributed by atoms with Gasteiger partial charge in [0.05, 0.1) is 6.54 Å². The van der Waals surface area contributed by atoms with Gasteiger partial charge in [-0.15, -0.1) is 0 Å². The molecule has 0 N–H and O–H groups in total. The number of Topliss-reactive ketones (excluding diaryl/α,β-unsaturated/α-hetero) is 1. The largest absolute Gasteiger partial charge is 0.295 e. The molecule has 17 heavy (non-hydrogen) atoms. The molecule has 0 heterocycles. The van der Waals surface area contributed by atoms with Crippen LogP contribution in [-0.2, 0) is 11.3 Å². The van der Waals surface area contributed by atoms with E-state index in [1.54, 1.807) is 6.92 Å². The van der Waals surface area contributed by atoms with E-state index in [2.05, 4.69) is 24.2 Å². The first-order valence-corrected chi connectivity index (χ1v) is 5.97. The minimum atomic E-state index is 0.0618. The Kier molecular flexibility index (Phi) is 5.40. The van der Waals surface area contributed by atoms with Crippen LogP contribution in [0.5, 0.6) is 0 Å². The summed E-state index contributed by atoms with van der Waals surface area (Å²) in [6.07, 6.45) is 1.69. The first-order chi connectivity index (χ1) is 8.13. The number of rotatable bonds is 6. The molecule has 3 nitrogen and oxygen atoms in total. The van der Waals surface area contributed by atoms with Crippen molar-refractivity contribution in [2.24, 2.45) is 5.10 Å². The number of carbonyl (C=O) groups is 1. The maximum absolute atomic E-state index is 11.4. The van der Waals surface area contributed by atoms with Crippen molar-refractivity contribution >= 4 is 11.5 Å². The van der Waals surface area contributed by atoms with Crippen molar-refractivity contribution in [1.82, 2.24) is 5.01 Å². The molecule has 0 spiro atoms. The van der Waals surface area contributed by atoms with Gasteiger partial charge in [-0.3, -0.25) is 9.80 Å². The minimum absolute atomic E-state index is 0.0618. The van der Waals surface area contributed by atoms with Gasteiger partial charge in [0.1, 0.15) is 5.71 Å². The molecule has 0 aromatic heterocycles. The summed E-state index contributed by atoms with van der Waals surface area (Å²) in [5, 5.41) is 6.18. The van der Waals surface area contributed by atoms with Crippen LogP contribution >= 0.6 is 0 Å². The highest BCUT2D eigenvalue weighted by Crippen LogP contribution is 2.04. The fourth-order valence-corrected chi connectivity index (χ4v) is 1.62. The van der Waals surface area contributed by atoms with Crippen LogP contribution < -0.4 is 0 Å². The van der Waals surface area contributed by atoms with Crippen LogP contribution in [0.25, 0.3) is 0 Å². The number of hydrogen-bond acceptors (Lipinski definition) is 3. The SMILES string of the molecule is CCC/C(=N\N(C)Cc1ccccc1)C(C)=O. The second kappa shape index (κ2) is 6.84. The standard InChI is InChI=1S/C14H20N2O/c1-4-8-14(12(2)17)15-16(3)11-13-9-6-5-7-10-13/h5-7,9-10H,4,8,11H2,1-3H3/b15-14+. The van der Waals surface area contributed by atoms with Crippen molar-refractivity contribution in [2.45, 2.75) is 33.2 Å². The Balaban J connectivity index is 2.66. The summed E-state index contributed by atoms with van der Waals surface area (Å²) in [6, 6.07) is 10.1. The van der Waals surface area contributed by atoms with E-state index in [1.165, 1.54) is 5.56 Å². The second-order valence-electron chi connectivity index (χ2n) is 4.15. The fraction of sp³-hybridized carbons (Fsp3) is 0.429. The Hall–Kier alpha value is -1.64. The van der Waals surface area contributed by atoms with Crippen molar-refractivity contribution in [3.05, 3.63) is 35.9 Å². The number of nitrogens with zero attached hydrogens (tertiary/aromatic N) is 2. The van der Waals surface area contributed by atoms with Gasteiger partial charge in [-0.05, 0) is 12.0 Å². The zero-order valence-electron chi connectivity index (χ0n) is 10.8. The number of ketones is 1. The predicted octanol–water partition coefficient (Wildman–Crippen LogP) is 2.86. The quantitative estimate of drug-likeness (QED) is 0.558. The molecule has 0 saturated carbocycles. The second-order valence-corrected chi connectivity index (χ2v) is 4.15. The van der Waals surface area contributed by atoms with Gasteiger partial charge in [0.15, 0.2) is 5.78 Å². The van der Waals surface area contributed by atoms with E-state index in [0.29, 0.717) is 5.71 Å². The van der Waals surface area contributed by atoms with Crippen LogP contribution in [0.15, 0.2) is 35.4 Å². The fourth-order valence-electron chi connectivity index (χ4n) is 1.62. The van der Waals surface area contributed by atoms with E-state index in [0.717, 1.165) is 19.4 Å². The number of benzene rings is 1. The van der Waals surface area contributed by atoms with Crippen LogP contribution in [0.3, 0.4) is 0 Å². The van der Waals surface area contributed by atoms with Gasteiger partial charge in [0.25, 0.3) is 0 Å². The summed E-state index contributed by atoms with van der Waals surface area (Å²) in [5.41, 5.74) is 1.85. The van der Waals surface area contributed by atoms with Crippen LogP contribution in [0.2, 0.25) is 0 Å². The molecule has 1 rings (SSSR count). The molecule has 3 heteroatoms. The lowest BCUT2D eigenvalue weighted by molar-refractivity contribution is -0.111. The van der Waals surface area contributed by atoms with Gasteiger partial charge in [0.2, 0.25) is 0 Å². The number of carbonyl (C=O) groups excluding carboxylic acids is 1. The highest BCUT2D eigenvalue weighted by atomic mass is 16.1. The molecule has 0 aliphatic rings. The molecule has 0 unspecified atom stereocenters. The summed E-state index contributed by atoms with van der Waals surface area (Å²) in [6.45, 7) is 4.35. The summed E-state index contributed by atoms with van der Waals surface area (Å²) in [7, 11) is 1.89. The first kappa shape index (κ1) is 13.4. The van der Waals surface area contributed by atoms with E-state index in [4.69, 9.17) is 0 Å². The van der Waals surface area contributed by atoms with Crippen molar-refractivity contribution in [3.63, 3.8) is 0 Å². The lowest BCUT2D eigenvalue weighted by atomic mass is 10.2. The molecule has 0 aliphatic heterocycles. The average Bonchev–Trinajstić information content (AvgIpc) is 2.29. The van der Waals surface area contributed by atoms with Gasteiger partial charge in [0, 0.05) is 14.0 Å². The summed E-state index contributed by atoms with van der Waals surface area (Å²) in [5.74, 6) is 0.0618. The molecule has 0 amide bonds. The number of hydrogen-bond donors (Lipinski definition) is 0. The van der Waals surface area contributed by atoms with E-state index < -0.39 is 0 Å². The Bertz CT molecular complexity index is 384. The third-order valence-electron chi connectivity index (χ3n) is 2.44. The molecule has 0 bridgehead atoms. The van der Waals surface area contributed by atoms with Crippen molar-refractivity contribution < 1.29 is 4.79 Å². The first-order valence-electron chi connectivity index (χ1n) is 5.97. The van der Waals surface area contributed by atoms with E-state index in [9.17, 15) is 4.79 Å². The molecule has 1 aromatic rings. The zero-order chi connectivity index (χ0) is 12.7. The average molecular weight is 232 g/mol. The monoisotopic (exact) mass is 232 g/mol. The molecule has 0 fully saturated rings. The molecule has 1 aromatic carbocycles. The van der Waals surface area contributed by atoms with Crippen molar-refractivity contribution in [1.29, 1.82) is 0 Å². The number of hydrazone groups is 1. The molecule has 92 valence electrons. The predicted molar refractivity (Wildman–Crippen MR) is 70.9 cm³/mol. The summed E-state index contributed by atoms with van der Waals surface area (Å²) < 4.78 is 0. The maximum atomic E-state index is 11.4. The van der Waals surface area contributed by atoms with Gasteiger partial charge in [-0.25, -0.2) is 0 Å². The maximum Gasteiger partial charge on any atom is 0.175 e. The third-order valence-corrected chi connectivity index (χ3v) is 2.44. The zero-order valence-corrected chi connectivity index (χ0v) is 10.8. The minimum Gasteiger partial charge on any atom is -0.295 e. The Labute approximate surface area is 103 Å². The van der Waals surface area contributed by atoms with Gasteiger partial charge in [-0.2, -0.15) is 5.10 Å². The Morgan fingerprint density at radius 3 is 2.47 bits per heavy atom. The van der Waals surface area contributed by atoms with Gasteiger partial charge >= 0.3 is 0 Å². The van der Waals surface area contributed by atoms with Crippen LogP contribution in [0, 0.1) is 0 Å². The summed E-state index contributed by atoms with van der Waals surface area (Å²) in [4.78, 5) is 11.4. The van der Waals surface area contributed by atoms with Crippen LogP contribution in [-0.4, -0.2) is 23.6 Å². The molecule has 0 radical (unpaired) electrons. The lowest BCUT2D eigenvalue weighted by Crippen LogP contribution is -2.18. The Morgan fingerprint density at radius 1 is 1.29 bits per heavy atom.